The second kappa shape index (κ2) is 7.59. The normalized spacial score (nSPS) is 21.5. The van der Waals surface area contributed by atoms with Gasteiger partial charge in [-0.3, -0.25) is 0 Å². The van der Waals surface area contributed by atoms with Crippen molar-refractivity contribution >= 4 is 10.0 Å². The fourth-order valence-electron chi connectivity index (χ4n) is 2.48. The van der Waals surface area contributed by atoms with Gasteiger partial charge in [-0.15, -0.1) is 0 Å². The number of aliphatic hydroxyl groups excluding tert-OH is 1. The molecule has 1 aliphatic heterocycles. The molecule has 0 amide bonds. The van der Waals surface area contributed by atoms with E-state index in [-0.39, 0.29) is 24.7 Å². The van der Waals surface area contributed by atoms with Crippen LogP contribution in [0.3, 0.4) is 0 Å². The molecule has 1 unspecified atom stereocenters. The summed E-state index contributed by atoms with van der Waals surface area (Å²) in [6, 6.07) is 4.69. The summed E-state index contributed by atoms with van der Waals surface area (Å²) in [4.78, 5) is 0.173. The minimum absolute atomic E-state index is 0.0976. The largest absolute Gasteiger partial charge is 0.496 e. The standard InChI is InChI=1S/C15H23NO6S/c1-12-9-13(3-4-14(12)20-2)23(18,19)16-10-15(22-8-6-17)5-7-21-11-15/h3-4,9,16-17H,5-8,10-11H2,1-2H3. The number of benzene rings is 1. The Bertz CT molecular complexity index is 625. The highest BCUT2D eigenvalue weighted by Crippen LogP contribution is 2.24. The predicted molar refractivity (Wildman–Crippen MR) is 84.1 cm³/mol. The van der Waals surface area contributed by atoms with Crippen LogP contribution in [0.25, 0.3) is 0 Å². The van der Waals surface area contributed by atoms with Gasteiger partial charge in [-0.2, -0.15) is 0 Å². The van der Waals surface area contributed by atoms with Crippen LogP contribution in [0.4, 0.5) is 0 Å². The maximum Gasteiger partial charge on any atom is 0.240 e. The summed E-state index contributed by atoms with van der Waals surface area (Å²) in [5.41, 5.74) is 0.0166. The second-order valence-corrected chi connectivity index (χ2v) is 7.28. The van der Waals surface area contributed by atoms with E-state index in [0.717, 1.165) is 5.56 Å². The van der Waals surface area contributed by atoms with Gasteiger partial charge in [0.05, 0.1) is 31.8 Å². The molecule has 1 saturated heterocycles. The number of sulfonamides is 1. The van der Waals surface area contributed by atoms with Gasteiger partial charge in [0.25, 0.3) is 0 Å². The van der Waals surface area contributed by atoms with Crippen molar-refractivity contribution in [2.45, 2.75) is 23.8 Å². The highest BCUT2D eigenvalue weighted by Gasteiger charge is 2.37. The quantitative estimate of drug-likeness (QED) is 0.710. The van der Waals surface area contributed by atoms with Gasteiger partial charge >= 0.3 is 0 Å². The fourth-order valence-corrected chi connectivity index (χ4v) is 3.68. The second-order valence-electron chi connectivity index (χ2n) is 5.51. The molecule has 1 fully saturated rings. The molecule has 0 aliphatic carbocycles. The molecule has 0 radical (unpaired) electrons. The van der Waals surface area contributed by atoms with E-state index in [9.17, 15) is 8.42 Å². The zero-order chi connectivity index (χ0) is 16.9. The summed E-state index contributed by atoms with van der Waals surface area (Å²) in [7, 11) is -2.12. The molecular formula is C15H23NO6S. The van der Waals surface area contributed by atoms with E-state index in [1.807, 2.05) is 0 Å². The molecule has 1 atom stereocenters. The summed E-state index contributed by atoms with van der Waals surface area (Å²) in [5, 5.41) is 8.91. The number of ether oxygens (including phenoxy) is 3. The number of methoxy groups -OCH3 is 1. The molecule has 8 heteroatoms. The van der Waals surface area contributed by atoms with Gasteiger partial charge in [-0.1, -0.05) is 0 Å². The zero-order valence-corrected chi connectivity index (χ0v) is 14.2. The van der Waals surface area contributed by atoms with Crippen molar-refractivity contribution in [1.29, 1.82) is 0 Å². The first-order valence-corrected chi connectivity index (χ1v) is 8.88. The van der Waals surface area contributed by atoms with Crippen LogP contribution in [-0.2, 0) is 19.5 Å². The van der Waals surface area contributed by atoms with Crippen molar-refractivity contribution in [3.05, 3.63) is 23.8 Å². The summed E-state index contributed by atoms with van der Waals surface area (Å²) in [6.07, 6.45) is 0.581. The molecule has 0 bridgehead atoms. The molecule has 2 rings (SSSR count). The van der Waals surface area contributed by atoms with Crippen LogP contribution in [0.2, 0.25) is 0 Å². The molecule has 7 nitrogen and oxygen atoms in total. The Morgan fingerprint density at radius 3 is 2.78 bits per heavy atom. The highest BCUT2D eigenvalue weighted by atomic mass is 32.2. The van der Waals surface area contributed by atoms with Crippen LogP contribution in [0.15, 0.2) is 23.1 Å². The van der Waals surface area contributed by atoms with Crippen molar-refractivity contribution in [2.24, 2.45) is 0 Å². The zero-order valence-electron chi connectivity index (χ0n) is 13.4. The van der Waals surface area contributed by atoms with E-state index < -0.39 is 15.6 Å². The van der Waals surface area contributed by atoms with Crippen LogP contribution >= 0.6 is 0 Å². The van der Waals surface area contributed by atoms with Gasteiger partial charge in [0.15, 0.2) is 0 Å². The van der Waals surface area contributed by atoms with Gasteiger partial charge < -0.3 is 19.3 Å². The van der Waals surface area contributed by atoms with Gasteiger partial charge in [-0.05, 0) is 30.7 Å². The Hall–Kier alpha value is -1.19. The number of aryl methyl sites for hydroxylation is 1. The van der Waals surface area contributed by atoms with Crippen molar-refractivity contribution in [1.82, 2.24) is 4.72 Å². The molecule has 2 N–H and O–H groups in total. The summed E-state index contributed by atoms with van der Waals surface area (Å²) in [5.74, 6) is 0.635. The third-order valence-electron chi connectivity index (χ3n) is 3.83. The van der Waals surface area contributed by atoms with E-state index in [4.69, 9.17) is 19.3 Å². The molecule has 1 aromatic rings. The summed E-state index contributed by atoms with van der Waals surface area (Å²) < 4.78 is 43.6. The SMILES string of the molecule is COc1ccc(S(=O)(=O)NCC2(OCCO)CCOC2)cc1C. The molecule has 0 saturated carbocycles. The molecule has 1 aliphatic rings. The monoisotopic (exact) mass is 345 g/mol. The predicted octanol–water partition coefficient (Wildman–Crippen LogP) is 0.450. The van der Waals surface area contributed by atoms with Crippen molar-refractivity contribution in [3.63, 3.8) is 0 Å². The third-order valence-corrected chi connectivity index (χ3v) is 5.23. The lowest BCUT2D eigenvalue weighted by atomic mass is 10.0. The van der Waals surface area contributed by atoms with Crippen LogP contribution < -0.4 is 9.46 Å². The van der Waals surface area contributed by atoms with E-state index in [1.54, 1.807) is 19.1 Å². The van der Waals surface area contributed by atoms with Crippen molar-refractivity contribution < 1.29 is 27.7 Å². The number of hydrogen-bond acceptors (Lipinski definition) is 6. The highest BCUT2D eigenvalue weighted by molar-refractivity contribution is 7.89. The van der Waals surface area contributed by atoms with E-state index >= 15 is 0 Å². The Balaban J connectivity index is 2.09. The Morgan fingerprint density at radius 2 is 2.22 bits per heavy atom. The maximum atomic E-state index is 12.5. The minimum Gasteiger partial charge on any atom is -0.496 e. The lowest BCUT2D eigenvalue weighted by Crippen LogP contribution is -2.46. The molecule has 130 valence electrons. The summed E-state index contributed by atoms with van der Waals surface area (Å²) in [6.45, 7) is 2.72. The molecule has 0 spiro atoms. The maximum absolute atomic E-state index is 12.5. The number of nitrogens with one attached hydrogen (secondary N) is 1. The molecule has 23 heavy (non-hydrogen) atoms. The summed E-state index contributed by atoms with van der Waals surface area (Å²) >= 11 is 0. The minimum atomic E-state index is -3.66. The lowest BCUT2D eigenvalue weighted by molar-refractivity contribution is -0.0566. The lowest BCUT2D eigenvalue weighted by Gasteiger charge is -2.27. The first kappa shape index (κ1) is 18.2. The van der Waals surface area contributed by atoms with Gasteiger partial charge in [-0.25, -0.2) is 13.1 Å². The Labute approximate surface area is 136 Å². The average molecular weight is 345 g/mol. The van der Waals surface area contributed by atoms with Crippen molar-refractivity contribution in [2.75, 3.05) is 40.1 Å². The van der Waals surface area contributed by atoms with Crippen molar-refractivity contribution in [3.8, 4) is 5.75 Å². The van der Waals surface area contributed by atoms with Gasteiger partial charge in [0.2, 0.25) is 10.0 Å². The van der Waals surface area contributed by atoms with Crippen LogP contribution in [-0.4, -0.2) is 59.2 Å². The van der Waals surface area contributed by atoms with Crippen LogP contribution in [0, 0.1) is 6.92 Å². The number of hydrogen-bond donors (Lipinski definition) is 2. The van der Waals surface area contributed by atoms with E-state index in [0.29, 0.717) is 25.4 Å². The molecular weight excluding hydrogens is 322 g/mol. The molecule has 0 aromatic heterocycles. The number of rotatable bonds is 8. The Kier molecular flexibility index (Phi) is 5.99. The Morgan fingerprint density at radius 1 is 1.43 bits per heavy atom. The topological polar surface area (TPSA) is 94.1 Å². The van der Waals surface area contributed by atoms with E-state index in [1.165, 1.54) is 13.2 Å². The average Bonchev–Trinajstić information content (AvgIpc) is 3.00. The van der Waals surface area contributed by atoms with Crippen LogP contribution in [0.1, 0.15) is 12.0 Å². The number of aliphatic hydroxyl groups is 1. The smallest absolute Gasteiger partial charge is 0.240 e. The van der Waals surface area contributed by atoms with Gasteiger partial charge in [0.1, 0.15) is 11.4 Å². The van der Waals surface area contributed by atoms with Gasteiger partial charge in [0, 0.05) is 19.6 Å². The first-order chi connectivity index (χ1) is 10.9. The van der Waals surface area contributed by atoms with Crippen LogP contribution in [0.5, 0.6) is 5.75 Å². The fraction of sp³-hybridized carbons (Fsp3) is 0.600. The first-order valence-electron chi connectivity index (χ1n) is 7.39. The third kappa shape index (κ3) is 4.42. The van der Waals surface area contributed by atoms with E-state index in [2.05, 4.69) is 4.72 Å². The molecule has 1 aromatic carbocycles. The molecule has 1 heterocycles.